The van der Waals surface area contributed by atoms with E-state index < -0.39 is 5.60 Å². The van der Waals surface area contributed by atoms with Crippen LogP contribution in [0.5, 0.6) is 0 Å². The molecule has 3 nitrogen and oxygen atoms in total. The quantitative estimate of drug-likeness (QED) is 0.912. The molecule has 1 amide bonds. The van der Waals surface area contributed by atoms with Crippen molar-refractivity contribution in [2.45, 2.75) is 62.6 Å². The van der Waals surface area contributed by atoms with Gasteiger partial charge in [-0.2, -0.15) is 0 Å². The van der Waals surface area contributed by atoms with Gasteiger partial charge in [-0.25, -0.2) is 4.39 Å². The smallest absolute Gasteiger partial charge is 0.226 e. The number of amides is 1. The number of halogens is 1. The Bertz CT molecular complexity index is 567. The monoisotopic (exact) mass is 303 g/mol. The fraction of sp³-hybridized carbons (Fsp3) is 0.611. The minimum Gasteiger partial charge on any atom is -0.385 e. The first-order valence-corrected chi connectivity index (χ1v) is 8.37. The van der Waals surface area contributed by atoms with Gasteiger partial charge in [0.1, 0.15) is 5.82 Å². The molecule has 1 aliphatic carbocycles. The topological polar surface area (TPSA) is 40.5 Å². The fourth-order valence-corrected chi connectivity index (χ4v) is 4.45. The first kappa shape index (κ1) is 14.2. The summed E-state index contributed by atoms with van der Waals surface area (Å²) in [5, 5.41) is 11.1. The molecular weight excluding hydrogens is 281 g/mol. The van der Waals surface area contributed by atoms with E-state index >= 15 is 0 Å². The van der Waals surface area contributed by atoms with Crippen LogP contribution in [-0.2, 0) is 10.4 Å². The molecule has 4 heteroatoms. The number of rotatable bonds is 2. The van der Waals surface area contributed by atoms with E-state index in [0.29, 0.717) is 18.7 Å². The highest BCUT2D eigenvalue weighted by Crippen LogP contribution is 2.47. The van der Waals surface area contributed by atoms with Crippen molar-refractivity contribution in [1.82, 2.24) is 4.90 Å². The number of benzene rings is 1. The van der Waals surface area contributed by atoms with Gasteiger partial charge in [-0.05, 0) is 43.4 Å². The maximum atomic E-state index is 13.1. The van der Waals surface area contributed by atoms with Crippen LogP contribution in [-0.4, -0.2) is 28.0 Å². The summed E-state index contributed by atoms with van der Waals surface area (Å²) in [5.74, 6) is 0.243. The average molecular weight is 303 g/mol. The molecule has 2 heterocycles. The molecule has 2 aliphatic heterocycles. The predicted molar refractivity (Wildman–Crippen MR) is 80.5 cm³/mol. The van der Waals surface area contributed by atoms with E-state index in [4.69, 9.17) is 0 Å². The molecule has 2 bridgehead atoms. The normalized spacial score (nSPS) is 34.5. The Kier molecular flexibility index (Phi) is 3.26. The largest absolute Gasteiger partial charge is 0.385 e. The standard InChI is InChI=1S/C18H22FNO2/c19-14-6-4-13(5-7-14)18(22)10-15-8-9-16(11-18)20(15)17(21)12-2-1-3-12/h4-7,12,15-16,22H,1-3,8-11H2. The van der Waals surface area contributed by atoms with Crippen molar-refractivity contribution in [2.75, 3.05) is 0 Å². The molecule has 22 heavy (non-hydrogen) atoms. The SMILES string of the molecule is O=C(C1CCC1)N1C2CCC1CC(O)(c1ccc(F)cc1)C2. The van der Waals surface area contributed by atoms with E-state index in [1.165, 1.54) is 18.6 Å². The van der Waals surface area contributed by atoms with Crippen LogP contribution in [0.1, 0.15) is 50.5 Å². The molecular formula is C18H22FNO2. The fourth-order valence-electron chi connectivity index (χ4n) is 4.45. The van der Waals surface area contributed by atoms with Crippen molar-refractivity contribution in [3.63, 3.8) is 0 Å². The maximum Gasteiger partial charge on any atom is 0.226 e. The van der Waals surface area contributed by atoms with Crippen molar-refractivity contribution >= 4 is 5.91 Å². The zero-order valence-electron chi connectivity index (χ0n) is 12.7. The van der Waals surface area contributed by atoms with E-state index in [9.17, 15) is 14.3 Å². The molecule has 3 aliphatic rings. The molecule has 3 fully saturated rings. The third kappa shape index (κ3) is 2.16. The Hall–Kier alpha value is -1.42. The van der Waals surface area contributed by atoms with Crippen molar-refractivity contribution in [3.05, 3.63) is 35.6 Å². The minimum atomic E-state index is -0.921. The van der Waals surface area contributed by atoms with Gasteiger partial charge in [0.05, 0.1) is 5.60 Å². The van der Waals surface area contributed by atoms with Crippen molar-refractivity contribution in [3.8, 4) is 0 Å². The van der Waals surface area contributed by atoms with Gasteiger partial charge in [0.15, 0.2) is 0 Å². The number of hydrogen-bond donors (Lipinski definition) is 1. The second kappa shape index (κ2) is 5.05. The highest BCUT2D eigenvalue weighted by molar-refractivity contribution is 5.80. The van der Waals surface area contributed by atoms with Crippen LogP contribution in [0.3, 0.4) is 0 Å². The lowest BCUT2D eigenvalue weighted by molar-refractivity contribution is -0.149. The average Bonchev–Trinajstić information content (AvgIpc) is 2.70. The molecule has 2 saturated heterocycles. The molecule has 0 aromatic heterocycles. The molecule has 2 unspecified atom stereocenters. The van der Waals surface area contributed by atoms with Crippen LogP contribution in [0, 0.1) is 11.7 Å². The first-order chi connectivity index (χ1) is 10.6. The van der Waals surface area contributed by atoms with Crippen LogP contribution in [0.15, 0.2) is 24.3 Å². The third-order valence-electron chi connectivity index (χ3n) is 5.86. The predicted octanol–water partition coefficient (Wildman–Crippen LogP) is 2.97. The van der Waals surface area contributed by atoms with Gasteiger partial charge in [-0.1, -0.05) is 18.6 Å². The summed E-state index contributed by atoms with van der Waals surface area (Å²) in [4.78, 5) is 14.7. The second-order valence-corrected chi connectivity index (χ2v) is 7.21. The van der Waals surface area contributed by atoms with Gasteiger partial charge in [-0.3, -0.25) is 4.79 Å². The highest BCUT2D eigenvalue weighted by atomic mass is 19.1. The zero-order chi connectivity index (χ0) is 15.3. The van der Waals surface area contributed by atoms with Crippen molar-refractivity contribution in [1.29, 1.82) is 0 Å². The number of carbonyl (C=O) groups is 1. The number of hydrogen-bond acceptors (Lipinski definition) is 2. The summed E-state index contributed by atoms with van der Waals surface area (Å²) in [5.41, 5.74) is -0.142. The Morgan fingerprint density at radius 3 is 2.18 bits per heavy atom. The van der Waals surface area contributed by atoms with E-state index in [0.717, 1.165) is 31.2 Å². The summed E-state index contributed by atoms with van der Waals surface area (Å²) in [6, 6.07) is 6.45. The summed E-state index contributed by atoms with van der Waals surface area (Å²) in [7, 11) is 0. The Balaban J connectivity index is 1.56. The summed E-state index contributed by atoms with van der Waals surface area (Å²) >= 11 is 0. The lowest BCUT2D eigenvalue weighted by Gasteiger charge is -2.46. The number of piperidine rings is 1. The molecule has 4 rings (SSSR count). The first-order valence-electron chi connectivity index (χ1n) is 8.37. The van der Waals surface area contributed by atoms with Gasteiger partial charge in [0, 0.05) is 30.8 Å². The van der Waals surface area contributed by atoms with Gasteiger partial charge >= 0.3 is 0 Å². The number of carbonyl (C=O) groups excluding carboxylic acids is 1. The molecule has 0 radical (unpaired) electrons. The van der Waals surface area contributed by atoms with Gasteiger partial charge < -0.3 is 10.0 Å². The van der Waals surface area contributed by atoms with E-state index in [2.05, 4.69) is 4.90 Å². The maximum absolute atomic E-state index is 13.1. The third-order valence-corrected chi connectivity index (χ3v) is 5.86. The van der Waals surface area contributed by atoms with Gasteiger partial charge in [0.25, 0.3) is 0 Å². The molecule has 118 valence electrons. The molecule has 1 saturated carbocycles. The zero-order valence-corrected chi connectivity index (χ0v) is 12.7. The van der Waals surface area contributed by atoms with E-state index in [-0.39, 0.29) is 23.8 Å². The van der Waals surface area contributed by atoms with Crippen LogP contribution in [0.4, 0.5) is 4.39 Å². The van der Waals surface area contributed by atoms with Gasteiger partial charge in [0.2, 0.25) is 5.91 Å². The molecule has 1 aromatic carbocycles. The van der Waals surface area contributed by atoms with Crippen LogP contribution in [0.2, 0.25) is 0 Å². The lowest BCUT2D eigenvalue weighted by Crippen LogP contribution is -2.54. The molecule has 2 atom stereocenters. The van der Waals surface area contributed by atoms with E-state index in [1.54, 1.807) is 12.1 Å². The molecule has 1 N–H and O–H groups in total. The molecule has 0 spiro atoms. The van der Waals surface area contributed by atoms with Gasteiger partial charge in [-0.15, -0.1) is 0 Å². The van der Waals surface area contributed by atoms with Crippen LogP contribution < -0.4 is 0 Å². The van der Waals surface area contributed by atoms with Crippen molar-refractivity contribution in [2.24, 2.45) is 5.92 Å². The number of fused-ring (bicyclic) bond motifs is 2. The highest BCUT2D eigenvalue weighted by Gasteiger charge is 2.51. The Morgan fingerprint density at radius 1 is 1.09 bits per heavy atom. The van der Waals surface area contributed by atoms with Crippen LogP contribution in [0.25, 0.3) is 0 Å². The summed E-state index contributed by atoms with van der Waals surface area (Å²) in [6.07, 6.45) is 6.33. The Morgan fingerprint density at radius 2 is 1.68 bits per heavy atom. The second-order valence-electron chi connectivity index (χ2n) is 7.21. The number of nitrogens with zero attached hydrogens (tertiary/aromatic N) is 1. The van der Waals surface area contributed by atoms with Crippen LogP contribution >= 0.6 is 0 Å². The summed E-state index contributed by atoms with van der Waals surface area (Å²) < 4.78 is 13.1. The number of aliphatic hydroxyl groups is 1. The lowest BCUT2D eigenvalue weighted by atomic mass is 9.78. The van der Waals surface area contributed by atoms with E-state index in [1.807, 2.05) is 0 Å². The summed E-state index contributed by atoms with van der Waals surface area (Å²) in [6.45, 7) is 0. The minimum absolute atomic E-state index is 0.141. The Labute approximate surface area is 130 Å². The molecule has 1 aromatic rings. The van der Waals surface area contributed by atoms with Crippen molar-refractivity contribution < 1.29 is 14.3 Å².